The zero-order chi connectivity index (χ0) is 22.2. The van der Waals surface area contributed by atoms with Gasteiger partial charge in [0.2, 0.25) is 12.7 Å². The molecule has 4 aromatic rings. The normalized spacial score (nSPS) is 14.6. The van der Waals surface area contributed by atoms with Gasteiger partial charge in [0.05, 0.1) is 5.69 Å². The van der Waals surface area contributed by atoms with Gasteiger partial charge in [0, 0.05) is 41.6 Å². The first-order valence-electron chi connectivity index (χ1n) is 10.9. The van der Waals surface area contributed by atoms with E-state index in [2.05, 4.69) is 20.6 Å². The van der Waals surface area contributed by atoms with Gasteiger partial charge in [-0.15, -0.1) is 0 Å². The summed E-state index contributed by atoms with van der Waals surface area (Å²) in [5.41, 5.74) is 3.89. The van der Waals surface area contributed by atoms with Crippen LogP contribution in [0.2, 0.25) is 0 Å². The number of benzene rings is 2. The van der Waals surface area contributed by atoms with Crippen molar-refractivity contribution in [1.82, 2.24) is 19.9 Å². The van der Waals surface area contributed by atoms with Crippen molar-refractivity contribution >= 4 is 34.4 Å². The number of anilines is 3. The Labute approximate surface area is 189 Å². The van der Waals surface area contributed by atoms with Gasteiger partial charge in [0.15, 0.2) is 11.5 Å². The highest BCUT2D eigenvalue weighted by Crippen LogP contribution is 2.37. The van der Waals surface area contributed by atoms with E-state index in [-0.39, 0.29) is 12.8 Å². The number of urea groups is 1. The van der Waals surface area contributed by atoms with Crippen molar-refractivity contribution in [3.8, 4) is 22.8 Å². The lowest BCUT2D eigenvalue weighted by Gasteiger charge is -2.16. The Morgan fingerprint density at radius 3 is 2.73 bits per heavy atom. The predicted octanol–water partition coefficient (Wildman–Crippen LogP) is 4.72. The summed E-state index contributed by atoms with van der Waals surface area (Å²) in [6.45, 7) is 1.83. The molecule has 0 radical (unpaired) electrons. The number of nitrogens with one attached hydrogen (secondary N) is 3. The Bertz CT molecular complexity index is 1350. The molecule has 2 aliphatic heterocycles. The number of rotatable bonds is 4. The van der Waals surface area contributed by atoms with E-state index in [0.717, 1.165) is 59.7 Å². The van der Waals surface area contributed by atoms with E-state index in [1.54, 1.807) is 0 Å². The van der Waals surface area contributed by atoms with Gasteiger partial charge in [-0.3, -0.25) is 0 Å². The summed E-state index contributed by atoms with van der Waals surface area (Å²) in [5, 5.41) is 7.15. The van der Waals surface area contributed by atoms with Crippen LogP contribution in [0.15, 0.2) is 54.7 Å². The van der Waals surface area contributed by atoms with Crippen molar-refractivity contribution in [1.29, 1.82) is 0 Å². The summed E-state index contributed by atoms with van der Waals surface area (Å²) in [7, 11) is 0. The monoisotopic (exact) mass is 442 g/mol. The lowest BCUT2D eigenvalue weighted by Crippen LogP contribution is -2.32. The molecule has 166 valence electrons. The number of hydrogen-bond acceptors (Lipinski definition) is 6. The summed E-state index contributed by atoms with van der Waals surface area (Å²) in [4.78, 5) is 26.8. The zero-order valence-corrected chi connectivity index (χ0v) is 17.8. The Morgan fingerprint density at radius 1 is 0.970 bits per heavy atom. The lowest BCUT2D eigenvalue weighted by atomic mass is 10.1. The average molecular weight is 442 g/mol. The minimum absolute atomic E-state index is 0.0706. The number of aromatic nitrogens is 3. The van der Waals surface area contributed by atoms with Crippen LogP contribution in [0.25, 0.3) is 22.3 Å². The summed E-state index contributed by atoms with van der Waals surface area (Å²) in [6, 6.07) is 15.2. The number of carbonyl (C=O) groups is 1. The van der Waals surface area contributed by atoms with Crippen molar-refractivity contribution < 1.29 is 14.3 Å². The minimum atomic E-state index is -0.0706. The smallest absolute Gasteiger partial charge is 0.321 e. The number of nitrogens with zero attached hydrogens (tertiary/aromatic N) is 3. The molecule has 2 aromatic heterocycles. The quantitative estimate of drug-likeness (QED) is 0.422. The van der Waals surface area contributed by atoms with Crippen LogP contribution in [-0.4, -0.2) is 45.8 Å². The summed E-state index contributed by atoms with van der Waals surface area (Å²) in [6.07, 6.45) is 3.95. The van der Waals surface area contributed by atoms with Gasteiger partial charge in [-0.05, 0) is 55.3 Å². The molecule has 2 aromatic carbocycles. The van der Waals surface area contributed by atoms with Crippen molar-refractivity contribution in [2.24, 2.45) is 0 Å². The van der Waals surface area contributed by atoms with E-state index in [9.17, 15) is 4.79 Å². The van der Waals surface area contributed by atoms with Gasteiger partial charge in [-0.25, -0.2) is 9.78 Å². The maximum atomic E-state index is 12.4. The highest BCUT2D eigenvalue weighted by Gasteiger charge is 2.19. The Morgan fingerprint density at radius 2 is 1.82 bits per heavy atom. The molecule has 2 amide bonds. The standard InChI is InChI=1S/C24H22N6O3/c31-24(30-10-1-2-11-30)27-17-5-3-4-16(13-17)26-23-28-21(18-8-9-25-22(18)29-23)15-6-7-19-20(12-15)33-14-32-19/h3-9,12-13H,1-2,10-11,14H2,(H,27,31)(H2,25,26,28,29). The van der Waals surface area contributed by atoms with E-state index < -0.39 is 0 Å². The first-order chi connectivity index (χ1) is 16.2. The molecule has 1 fully saturated rings. The number of fused-ring (bicyclic) bond motifs is 2. The second kappa shape index (κ2) is 8.01. The van der Waals surface area contributed by atoms with Gasteiger partial charge in [0.25, 0.3) is 0 Å². The average Bonchev–Trinajstić information content (AvgIpc) is 3.60. The molecular formula is C24H22N6O3. The fourth-order valence-electron chi connectivity index (χ4n) is 4.19. The van der Waals surface area contributed by atoms with Crippen LogP contribution in [0.4, 0.5) is 22.1 Å². The number of aromatic amines is 1. The van der Waals surface area contributed by atoms with Gasteiger partial charge in [-0.2, -0.15) is 4.98 Å². The molecule has 0 aliphatic carbocycles. The van der Waals surface area contributed by atoms with Crippen molar-refractivity contribution in [3.63, 3.8) is 0 Å². The maximum absolute atomic E-state index is 12.4. The van der Waals surface area contributed by atoms with Gasteiger partial charge >= 0.3 is 6.03 Å². The summed E-state index contributed by atoms with van der Waals surface area (Å²) in [5.74, 6) is 1.87. The predicted molar refractivity (Wildman–Crippen MR) is 125 cm³/mol. The van der Waals surface area contributed by atoms with Crippen LogP contribution in [0.3, 0.4) is 0 Å². The summed E-state index contributed by atoms with van der Waals surface area (Å²) >= 11 is 0. The summed E-state index contributed by atoms with van der Waals surface area (Å²) < 4.78 is 11.0. The topological polar surface area (TPSA) is 104 Å². The van der Waals surface area contributed by atoms with E-state index in [1.807, 2.05) is 59.6 Å². The molecule has 4 heterocycles. The molecular weight excluding hydrogens is 420 g/mol. The van der Waals surface area contributed by atoms with Crippen molar-refractivity contribution in [2.75, 3.05) is 30.5 Å². The molecule has 9 heteroatoms. The molecule has 0 saturated carbocycles. The van der Waals surface area contributed by atoms with Crippen LogP contribution >= 0.6 is 0 Å². The number of likely N-dealkylation sites (tertiary alicyclic amines) is 1. The number of amides is 2. The third-order valence-electron chi connectivity index (χ3n) is 5.82. The fraction of sp³-hybridized carbons (Fsp3) is 0.208. The minimum Gasteiger partial charge on any atom is -0.454 e. The SMILES string of the molecule is O=C(Nc1cccc(Nc2nc(-c3ccc4c(c3)OCO4)c3cc[nH]c3n2)c1)N1CCCC1. The molecule has 0 bridgehead atoms. The van der Waals surface area contributed by atoms with Gasteiger partial charge < -0.3 is 30.0 Å². The van der Waals surface area contributed by atoms with Crippen LogP contribution < -0.4 is 20.1 Å². The van der Waals surface area contributed by atoms with Crippen LogP contribution in [-0.2, 0) is 0 Å². The van der Waals surface area contributed by atoms with Crippen molar-refractivity contribution in [3.05, 3.63) is 54.7 Å². The molecule has 33 heavy (non-hydrogen) atoms. The van der Waals surface area contributed by atoms with Crippen molar-refractivity contribution in [2.45, 2.75) is 12.8 Å². The number of carbonyl (C=O) groups excluding carboxylic acids is 1. The molecule has 0 unspecified atom stereocenters. The Kier molecular flexibility index (Phi) is 4.71. The lowest BCUT2D eigenvalue weighted by molar-refractivity contribution is 0.174. The van der Waals surface area contributed by atoms with Gasteiger partial charge in [0.1, 0.15) is 5.65 Å². The number of H-pyrrole nitrogens is 1. The van der Waals surface area contributed by atoms with Gasteiger partial charge in [-0.1, -0.05) is 6.07 Å². The Hall–Kier alpha value is -4.27. The molecule has 1 saturated heterocycles. The molecule has 9 nitrogen and oxygen atoms in total. The third kappa shape index (κ3) is 3.78. The first kappa shape index (κ1) is 19.4. The van der Waals surface area contributed by atoms with E-state index in [4.69, 9.17) is 14.5 Å². The first-order valence-corrected chi connectivity index (χ1v) is 10.9. The largest absolute Gasteiger partial charge is 0.454 e. The molecule has 0 atom stereocenters. The zero-order valence-electron chi connectivity index (χ0n) is 17.8. The van der Waals surface area contributed by atoms with Crippen LogP contribution in [0.1, 0.15) is 12.8 Å². The molecule has 6 rings (SSSR count). The molecule has 0 spiro atoms. The molecule has 3 N–H and O–H groups in total. The van der Waals surface area contributed by atoms with Crippen LogP contribution in [0, 0.1) is 0 Å². The van der Waals surface area contributed by atoms with E-state index in [1.165, 1.54) is 0 Å². The second-order valence-electron chi connectivity index (χ2n) is 8.03. The van der Waals surface area contributed by atoms with Crippen LogP contribution in [0.5, 0.6) is 11.5 Å². The highest BCUT2D eigenvalue weighted by atomic mass is 16.7. The maximum Gasteiger partial charge on any atom is 0.321 e. The fourth-order valence-corrected chi connectivity index (χ4v) is 4.19. The molecule has 2 aliphatic rings. The Balaban J connectivity index is 1.29. The number of ether oxygens (including phenoxy) is 2. The third-order valence-corrected chi connectivity index (χ3v) is 5.82. The second-order valence-corrected chi connectivity index (χ2v) is 8.03. The van der Waals surface area contributed by atoms with E-state index >= 15 is 0 Å². The number of hydrogen-bond donors (Lipinski definition) is 3. The highest BCUT2D eigenvalue weighted by molar-refractivity contribution is 5.93. The van der Waals surface area contributed by atoms with E-state index in [0.29, 0.717) is 17.4 Å².